The minimum Gasteiger partial charge on any atom is -0.497 e. The first kappa shape index (κ1) is 21.5. The third-order valence-electron chi connectivity index (χ3n) is 5.88. The summed E-state index contributed by atoms with van der Waals surface area (Å²) in [5, 5.41) is 11.4. The highest BCUT2D eigenvalue weighted by Crippen LogP contribution is 2.29. The first-order valence-corrected chi connectivity index (χ1v) is 10.9. The van der Waals surface area contributed by atoms with Gasteiger partial charge in [0.15, 0.2) is 5.65 Å². The smallest absolute Gasteiger partial charge is 0.165 e. The van der Waals surface area contributed by atoms with Crippen LogP contribution in [0.1, 0.15) is 20.3 Å². The van der Waals surface area contributed by atoms with Crippen molar-refractivity contribution in [2.75, 3.05) is 45.2 Å². The fraction of sp³-hybridized carbons (Fsp3) is 0.478. The molecule has 1 aliphatic rings. The second-order valence-electron chi connectivity index (χ2n) is 8.37. The third kappa shape index (κ3) is 4.97. The monoisotopic (exact) mass is 426 g/mol. The van der Waals surface area contributed by atoms with Gasteiger partial charge < -0.3 is 15.4 Å². The molecule has 0 radical (unpaired) electrons. The van der Waals surface area contributed by atoms with Gasteiger partial charge in [-0.2, -0.15) is 5.10 Å². The number of methoxy groups -OCH3 is 1. The van der Waals surface area contributed by atoms with Crippen LogP contribution < -0.4 is 15.4 Å². The van der Waals surface area contributed by atoms with E-state index in [1.807, 2.05) is 12.3 Å². The quantitative estimate of drug-likeness (QED) is 0.605. The molecule has 1 aliphatic heterocycles. The molecule has 0 amide bonds. The summed E-state index contributed by atoms with van der Waals surface area (Å²) in [7, 11) is 1.57. The largest absolute Gasteiger partial charge is 0.497 e. The van der Waals surface area contributed by atoms with Crippen molar-refractivity contribution in [2.24, 2.45) is 5.92 Å². The molecular formula is C23H31FN6O. The van der Waals surface area contributed by atoms with Crippen LogP contribution in [0, 0.1) is 11.7 Å². The van der Waals surface area contributed by atoms with E-state index in [4.69, 9.17) is 9.72 Å². The molecule has 3 aromatic rings. The van der Waals surface area contributed by atoms with Gasteiger partial charge in [-0.05, 0) is 49.7 Å². The Morgan fingerprint density at radius 3 is 2.97 bits per heavy atom. The van der Waals surface area contributed by atoms with Gasteiger partial charge in [0.1, 0.15) is 17.4 Å². The Hall–Kier alpha value is -2.71. The number of ether oxygens (including phenoxy) is 1. The Bertz CT molecular complexity index is 1020. The molecule has 31 heavy (non-hydrogen) atoms. The predicted molar refractivity (Wildman–Crippen MR) is 121 cm³/mol. The summed E-state index contributed by atoms with van der Waals surface area (Å²) in [5.41, 5.74) is 1.67. The molecule has 7 nitrogen and oxygen atoms in total. The van der Waals surface area contributed by atoms with Gasteiger partial charge in [-0.15, -0.1) is 0 Å². The summed E-state index contributed by atoms with van der Waals surface area (Å²) in [4.78, 5) is 7.21. The summed E-state index contributed by atoms with van der Waals surface area (Å²) in [6.07, 6.45) is 4.65. The van der Waals surface area contributed by atoms with Crippen molar-refractivity contribution in [3.05, 3.63) is 42.5 Å². The number of rotatable bonds is 7. The van der Waals surface area contributed by atoms with E-state index >= 15 is 0 Å². The maximum Gasteiger partial charge on any atom is 0.165 e. The molecule has 3 heterocycles. The lowest BCUT2D eigenvalue weighted by atomic mass is 10.0. The highest BCUT2D eigenvalue weighted by Gasteiger charge is 2.20. The van der Waals surface area contributed by atoms with Gasteiger partial charge in [0.25, 0.3) is 0 Å². The van der Waals surface area contributed by atoms with Gasteiger partial charge in [0.2, 0.25) is 0 Å². The minimum atomic E-state index is -0.328. The first-order chi connectivity index (χ1) is 15.0. The van der Waals surface area contributed by atoms with Gasteiger partial charge in [-0.25, -0.2) is 13.9 Å². The summed E-state index contributed by atoms with van der Waals surface area (Å²) in [5.74, 6) is 1.64. The molecule has 0 saturated carbocycles. The number of nitrogens with one attached hydrogen (secondary N) is 2. The maximum absolute atomic E-state index is 14.5. The van der Waals surface area contributed by atoms with Crippen LogP contribution in [-0.4, -0.2) is 65.4 Å². The fourth-order valence-corrected chi connectivity index (χ4v) is 4.01. The fourth-order valence-electron chi connectivity index (χ4n) is 4.01. The molecule has 8 heteroatoms. The normalized spacial score (nSPS) is 17.8. The molecule has 166 valence electrons. The second kappa shape index (κ2) is 9.62. The molecular weight excluding hydrogens is 395 g/mol. The molecule has 4 rings (SSSR count). The molecule has 0 spiro atoms. The first-order valence-electron chi connectivity index (χ1n) is 10.9. The molecule has 0 bridgehead atoms. The van der Waals surface area contributed by atoms with Crippen LogP contribution in [0.4, 0.5) is 10.2 Å². The van der Waals surface area contributed by atoms with E-state index in [9.17, 15) is 4.39 Å². The number of benzene rings is 1. The molecule has 2 N–H and O–H groups in total. The zero-order valence-corrected chi connectivity index (χ0v) is 18.4. The van der Waals surface area contributed by atoms with Crippen molar-refractivity contribution >= 4 is 11.5 Å². The average Bonchev–Trinajstić information content (AvgIpc) is 3.03. The second-order valence-corrected chi connectivity index (χ2v) is 8.37. The van der Waals surface area contributed by atoms with E-state index in [0.29, 0.717) is 34.5 Å². The number of hydrogen-bond acceptors (Lipinski definition) is 6. The number of nitrogens with zero attached hydrogens (tertiary/aromatic N) is 4. The van der Waals surface area contributed by atoms with E-state index in [1.165, 1.54) is 12.5 Å². The van der Waals surface area contributed by atoms with E-state index in [0.717, 1.165) is 38.5 Å². The highest BCUT2D eigenvalue weighted by atomic mass is 19.1. The Morgan fingerprint density at radius 2 is 2.16 bits per heavy atom. The van der Waals surface area contributed by atoms with Crippen molar-refractivity contribution in [3.63, 3.8) is 0 Å². The Balaban J connectivity index is 1.47. The molecule has 1 atom stereocenters. The van der Waals surface area contributed by atoms with Gasteiger partial charge in [0, 0.05) is 43.0 Å². The van der Waals surface area contributed by atoms with Gasteiger partial charge in [-0.3, -0.25) is 4.90 Å². The van der Waals surface area contributed by atoms with Crippen molar-refractivity contribution in [1.29, 1.82) is 0 Å². The van der Waals surface area contributed by atoms with Crippen LogP contribution in [0.15, 0.2) is 36.7 Å². The minimum absolute atomic E-state index is 0.328. The summed E-state index contributed by atoms with van der Waals surface area (Å²) >= 11 is 0. The lowest BCUT2D eigenvalue weighted by Crippen LogP contribution is -2.42. The van der Waals surface area contributed by atoms with Gasteiger partial charge in [-0.1, -0.05) is 13.8 Å². The Labute approximate surface area is 182 Å². The van der Waals surface area contributed by atoms with Gasteiger partial charge in [0.05, 0.1) is 13.3 Å². The predicted octanol–water partition coefficient (Wildman–Crippen LogP) is 3.28. The molecule has 2 aromatic heterocycles. The molecule has 1 saturated heterocycles. The van der Waals surface area contributed by atoms with Crippen LogP contribution in [0.2, 0.25) is 0 Å². The van der Waals surface area contributed by atoms with Gasteiger partial charge >= 0.3 is 0 Å². The topological polar surface area (TPSA) is 66.7 Å². The summed E-state index contributed by atoms with van der Waals surface area (Å²) in [6.45, 7) is 9.54. The lowest BCUT2D eigenvalue weighted by Gasteiger charge is -2.26. The number of anilines is 1. The van der Waals surface area contributed by atoms with Crippen LogP contribution in [0.25, 0.3) is 16.8 Å². The van der Waals surface area contributed by atoms with E-state index in [-0.39, 0.29) is 5.82 Å². The van der Waals surface area contributed by atoms with Crippen molar-refractivity contribution in [1.82, 2.24) is 24.8 Å². The molecule has 0 unspecified atom stereocenters. The van der Waals surface area contributed by atoms with E-state index in [1.54, 1.807) is 30.0 Å². The SMILES string of the molecule is COc1ccc(F)c(-c2cnn3ccc(NCCN4CCCN[C@@H](C(C)C)C4)nc23)c1. The van der Waals surface area contributed by atoms with E-state index in [2.05, 4.69) is 34.5 Å². The summed E-state index contributed by atoms with van der Waals surface area (Å²) in [6, 6.07) is 7.11. The van der Waals surface area contributed by atoms with Crippen molar-refractivity contribution < 1.29 is 9.13 Å². The molecule has 1 fully saturated rings. The number of hydrogen-bond donors (Lipinski definition) is 2. The maximum atomic E-state index is 14.5. The van der Waals surface area contributed by atoms with Crippen LogP contribution >= 0.6 is 0 Å². The number of fused-ring (bicyclic) bond motifs is 1. The number of halogens is 1. The Morgan fingerprint density at radius 1 is 1.29 bits per heavy atom. The zero-order valence-electron chi connectivity index (χ0n) is 18.4. The van der Waals surface area contributed by atoms with E-state index < -0.39 is 0 Å². The number of aromatic nitrogens is 3. The highest BCUT2D eigenvalue weighted by molar-refractivity contribution is 5.78. The average molecular weight is 427 g/mol. The molecule has 1 aromatic carbocycles. The standard InChI is InChI=1S/C23H31FN6O/c1-16(2)21-15-29(10-4-8-25-21)12-9-26-22-7-11-30-23(28-22)19(14-27-30)18-13-17(31-3)5-6-20(18)24/h5-7,11,13-14,16,21,25H,4,8-10,12,15H2,1-3H3,(H,26,28)/t21-/m1/s1. The lowest BCUT2D eigenvalue weighted by molar-refractivity contribution is 0.253. The van der Waals surface area contributed by atoms with Crippen molar-refractivity contribution in [2.45, 2.75) is 26.3 Å². The van der Waals surface area contributed by atoms with Crippen LogP contribution in [0.5, 0.6) is 5.75 Å². The zero-order chi connectivity index (χ0) is 21.8. The summed E-state index contributed by atoms with van der Waals surface area (Å²) < 4.78 is 21.4. The van der Waals surface area contributed by atoms with Crippen LogP contribution in [0.3, 0.4) is 0 Å². The van der Waals surface area contributed by atoms with Crippen molar-refractivity contribution in [3.8, 4) is 16.9 Å². The van der Waals surface area contributed by atoms with Crippen LogP contribution in [-0.2, 0) is 0 Å². The Kier molecular flexibility index (Phi) is 6.67. The third-order valence-corrected chi connectivity index (χ3v) is 5.88. The molecule has 0 aliphatic carbocycles.